The van der Waals surface area contributed by atoms with Gasteiger partial charge in [0, 0.05) is 62.3 Å². The highest BCUT2D eigenvalue weighted by Gasteiger charge is 2.18. The molecule has 6 heteroatoms. The van der Waals surface area contributed by atoms with Crippen LogP contribution in [0.3, 0.4) is 0 Å². The van der Waals surface area contributed by atoms with Crippen molar-refractivity contribution in [2.75, 3.05) is 11.9 Å². The van der Waals surface area contributed by atoms with E-state index >= 15 is 0 Å². The Labute approximate surface area is 446 Å². The molecule has 0 radical (unpaired) electrons. The van der Waals surface area contributed by atoms with Gasteiger partial charge in [-0.2, -0.15) is 0 Å². The average Bonchev–Trinajstić information content (AvgIpc) is 3.80. The molecule has 3 heterocycles. The van der Waals surface area contributed by atoms with E-state index in [9.17, 15) is 0 Å². The number of anilines is 1. The van der Waals surface area contributed by atoms with Crippen LogP contribution in [0.2, 0.25) is 0 Å². The van der Waals surface area contributed by atoms with E-state index in [0.29, 0.717) is 13.1 Å². The molecule has 3 aromatic heterocycles. The van der Waals surface area contributed by atoms with Crippen LogP contribution >= 0.6 is 0 Å². The Morgan fingerprint density at radius 3 is 1.47 bits per heavy atom. The molecule has 0 N–H and O–H groups in total. The average molecular weight is 989 g/mol. The van der Waals surface area contributed by atoms with Crippen molar-refractivity contribution in [1.29, 1.82) is 0 Å². The van der Waals surface area contributed by atoms with Crippen LogP contribution in [-0.2, 0) is 13.1 Å². The highest BCUT2D eigenvalue weighted by Crippen LogP contribution is 2.40. The van der Waals surface area contributed by atoms with Crippen molar-refractivity contribution in [3.05, 3.63) is 223 Å². The standard InChI is InChI=1S/C31H25N3.C28H21N3.5C2H6/c1-21-24-13-8-9-15-28(24)33-30(32-21)20-34(2)29-19-18-26-25-14-7-6-10-22(25)16-17-27(26)31(29)23-11-4-3-5-12-23;1-19-22-11-5-7-13-25(22)30-28(29-19)18-31-26-14-8-6-12-23(26)24-17-21(15-16-27(24)31)20-9-3-2-4-10-20;5*1-2/h3-19H,20H2,1-2H3;2-17H,18H2,1H3;5*1-2H3. The summed E-state index contributed by atoms with van der Waals surface area (Å²) in [5, 5.41) is 9.80. The molecule has 0 amide bonds. The molecular weight excluding hydrogens is 913 g/mol. The van der Waals surface area contributed by atoms with Gasteiger partial charge in [-0.3, -0.25) is 0 Å². The normalized spacial score (nSPS) is 10.3. The molecule has 0 fully saturated rings. The molecule has 12 aromatic rings. The minimum atomic E-state index is 0.630. The number of benzene rings is 9. The molecule has 382 valence electrons. The number of para-hydroxylation sites is 3. The SMILES string of the molecule is CC.CC.CC.CC.CC.Cc1nc(CN(C)c2ccc3c(ccc4ccccc43)c2-c2ccccc2)nc2ccccc12.Cc1nc(Cn2c3ccccc3c3cc(-c4ccccc4)ccc32)nc2ccccc12. The number of hydrogen-bond donors (Lipinski definition) is 0. The lowest BCUT2D eigenvalue weighted by molar-refractivity contribution is 0.796. The number of nitrogens with zero attached hydrogens (tertiary/aromatic N) is 6. The summed E-state index contributed by atoms with van der Waals surface area (Å²) < 4.78 is 2.34. The molecule has 12 rings (SSSR count). The first-order valence-corrected chi connectivity index (χ1v) is 27.2. The molecule has 0 aliphatic carbocycles. The Hall–Kier alpha value is -8.22. The molecule has 0 aliphatic rings. The summed E-state index contributed by atoms with van der Waals surface area (Å²) in [7, 11) is 2.13. The fourth-order valence-corrected chi connectivity index (χ4v) is 9.51. The lowest BCUT2D eigenvalue weighted by Gasteiger charge is -2.24. The zero-order chi connectivity index (χ0) is 53.9. The van der Waals surface area contributed by atoms with Gasteiger partial charge in [0.05, 0.1) is 24.1 Å². The molecule has 0 unspecified atom stereocenters. The Kier molecular flexibility index (Phi) is 20.7. The highest BCUT2D eigenvalue weighted by molar-refractivity contribution is 6.14. The molecule has 0 saturated carbocycles. The van der Waals surface area contributed by atoms with Crippen molar-refractivity contribution < 1.29 is 0 Å². The fourth-order valence-electron chi connectivity index (χ4n) is 9.51. The smallest absolute Gasteiger partial charge is 0.148 e. The van der Waals surface area contributed by atoms with Gasteiger partial charge in [0.15, 0.2) is 0 Å². The van der Waals surface area contributed by atoms with Crippen LogP contribution in [0.15, 0.2) is 200 Å². The summed E-state index contributed by atoms with van der Waals surface area (Å²) in [5.41, 5.74) is 12.5. The van der Waals surface area contributed by atoms with E-state index in [4.69, 9.17) is 19.9 Å². The highest BCUT2D eigenvalue weighted by atomic mass is 15.1. The monoisotopic (exact) mass is 989 g/mol. The molecule has 6 nitrogen and oxygen atoms in total. The lowest BCUT2D eigenvalue weighted by Crippen LogP contribution is -2.19. The molecule has 0 saturated heterocycles. The summed E-state index contributed by atoms with van der Waals surface area (Å²) in [6.07, 6.45) is 0. The number of aryl methyl sites for hydroxylation is 2. The minimum absolute atomic E-state index is 0.630. The third-order valence-electron chi connectivity index (χ3n) is 12.6. The molecule has 9 aromatic carbocycles. The van der Waals surface area contributed by atoms with E-state index in [0.717, 1.165) is 44.8 Å². The van der Waals surface area contributed by atoms with Gasteiger partial charge >= 0.3 is 0 Å². The Morgan fingerprint density at radius 1 is 0.360 bits per heavy atom. The largest absolute Gasteiger partial charge is 0.367 e. The quantitative estimate of drug-likeness (QED) is 0.149. The van der Waals surface area contributed by atoms with Crippen LogP contribution in [0.25, 0.3) is 87.4 Å². The van der Waals surface area contributed by atoms with E-state index in [2.05, 4.69) is 206 Å². The maximum absolute atomic E-state index is 4.86. The van der Waals surface area contributed by atoms with Crippen molar-refractivity contribution >= 4 is 70.8 Å². The Bertz CT molecular complexity index is 3710. The second-order valence-corrected chi connectivity index (χ2v) is 16.7. The summed E-state index contributed by atoms with van der Waals surface area (Å²) in [6, 6.07) is 70.5. The maximum atomic E-state index is 4.86. The molecule has 0 spiro atoms. The summed E-state index contributed by atoms with van der Waals surface area (Å²) >= 11 is 0. The summed E-state index contributed by atoms with van der Waals surface area (Å²) in [4.78, 5) is 21.6. The van der Waals surface area contributed by atoms with Crippen LogP contribution < -0.4 is 4.90 Å². The maximum Gasteiger partial charge on any atom is 0.148 e. The number of hydrogen-bond acceptors (Lipinski definition) is 5. The van der Waals surface area contributed by atoms with Crippen LogP contribution in [0.1, 0.15) is 92.3 Å². The van der Waals surface area contributed by atoms with Crippen molar-refractivity contribution in [3.63, 3.8) is 0 Å². The van der Waals surface area contributed by atoms with Gasteiger partial charge in [-0.1, -0.05) is 233 Å². The third kappa shape index (κ3) is 12.4. The van der Waals surface area contributed by atoms with Crippen LogP contribution in [0.4, 0.5) is 5.69 Å². The molecule has 75 heavy (non-hydrogen) atoms. The van der Waals surface area contributed by atoms with E-state index in [1.807, 2.05) is 93.5 Å². The molecular formula is C69H76N6. The first-order valence-electron chi connectivity index (χ1n) is 27.2. The molecule has 0 bridgehead atoms. The number of rotatable bonds is 7. The molecule has 0 aliphatic heterocycles. The van der Waals surface area contributed by atoms with Crippen LogP contribution in [0, 0.1) is 13.8 Å². The molecule has 0 atom stereocenters. The topological polar surface area (TPSA) is 59.7 Å². The van der Waals surface area contributed by atoms with E-state index < -0.39 is 0 Å². The Balaban J connectivity index is 0.000000210. The third-order valence-corrected chi connectivity index (χ3v) is 12.6. The Morgan fingerprint density at radius 2 is 0.840 bits per heavy atom. The number of aromatic nitrogens is 5. The lowest BCUT2D eigenvalue weighted by atomic mass is 9.93. The van der Waals surface area contributed by atoms with Gasteiger partial charge in [0.25, 0.3) is 0 Å². The zero-order valence-corrected chi connectivity index (χ0v) is 46.7. The first-order chi connectivity index (χ1) is 37.0. The van der Waals surface area contributed by atoms with E-state index in [1.165, 1.54) is 71.3 Å². The fraction of sp³-hybridized carbons (Fsp3) is 0.217. The van der Waals surface area contributed by atoms with Gasteiger partial charge in [-0.15, -0.1) is 0 Å². The van der Waals surface area contributed by atoms with Gasteiger partial charge in [0.2, 0.25) is 0 Å². The van der Waals surface area contributed by atoms with Gasteiger partial charge in [-0.25, -0.2) is 19.9 Å². The van der Waals surface area contributed by atoms with E-state index in [1.54, 1.807) is 0 Å². The summed E-state index contributed by atoms with van der Waals surface area (Å²) in [6.45, 7) is 25.4. The summed E-state index contributed by atoms with van der Waals surface area (Å²) in [5.74, 6) is 1.67. The van der Waals surface area contributed by atoms with Crippen molar-refractivity contribution in [2.24, 2.45) is 0 Å². The van der Waals surface area contributed by atoms with E-state index in [-0.39, 0.29) is 0 Å². The first kappa shape index (κ1) is 56.1. The predicted octanol–water partition coefficient (Wildman–Crippen LogP) is 19.4. The van der Waals surface area contributed by atoms with Gasteiger partial charge in [0.1, 0.15) is 11.6 Å². The second kappa shape index (κ2) is 27.7. The van der Waals surface area contributed by atoms with Gasteiger partial charge in [-0.05, 0) is 88.5 Å². The van der Waals surface area contributed by atoms with Crippen LogP contribution in [0.5, 0.6) is 0 Å². The second-order valence-electron chi connectivity index (χ2n) is 16.7. The van der Waals surface area contributed by atoms with Crippen molar-refractivity contribution in [1.82, 2.24) is 24.5 Å². The van der Waals surface area contributed by atoms with Crippen molar-refractivity contribution in [3.8, 4) is 22.3 Å². The number of fused-ring (bicyclic) bond motifs is 8. The zero-order valence-electron chi connectivity index (χ0n) is 46.7. The van der Waals surface area contributed by atoms with Crippen LogP contribution in [-0.4, -0.2) is 31.6 Å². The minimum Gasteiger partial charge on any atom is -0.367 e. The van der Waals surface area contributed by atoms with Gasteiger partial charge < -0.3 is 9.47 Å². The predicted molar refractivity (Wildman–Crippen MR) is 328 cm³/mol. The van der Waals surface area contributed by atoms with Crippen molar-refractivity contribution in [2.45, 2.75) is 96.2 Å².